The molecule has 0 radical (unpaired) electrons. The minimum Gasteiger partial charge on any atom is -0.353 e. The van der Waals surface area contributed by atoms with Crippen LogP contribution in [0.5, 0.6) is 0 Å². The van der Waals surface area contributed by atoms with Gasteiger partial charge < -0.3 is 4.90 Å². The summed E-state index contributed by atoms with van der Waals surface area (Å²) < 4.78 is 40.7. The lowest BCUT2D eigenvalue weighted by molar-refractivity contribution is -0.141. The van der Waals surface area contributed by atoms with E-state index < -0.39 is 11.9 Å². The van der Waals surface area contributed by atoms with Crippen LogP contribution in [0.3, 0.4) is 0 Å². The van der Waals surface area contributed by atoms with Gasteiger partial charge in [-0.1, -0.05) is 6.08 Å². The molecule has 3 aromatic rings. The van der Waals surface area contributed by atoms with E-state index in [-0.39, 0.29) is 6.04 Å². The van der Waals surface area contributed by atoms with E-state index in [0.29, 0.717) is 23.1 Å². The number of halogens is 3. The summed E-state index contributed by atoms with van der Waals surface area (Å²) in [4.78, 5) is 23.2. The van der Waals surface area contributed by atoms with E-state index in [9.17, 15) is 13.2 Å². The molecule has 7 nitrogen and oxygen atoms in total. The van der Waals surface area contributed by atoms with Crippen molar-refractivity contribution in [2.75, 3.05) is 18.0 Å². The molecular formula is C21H20F3N7. The molecule has 5 heterocycles. The average Bonchev–Trinajstić information content (AvgIpc) is 3.43. The first kappa shape index (κ1) is 19.7. The van der Waals surface area contributed by atoms with Gasteiger partial charge in [-0.05, 0) is 31.4 Å². The number of rotatable bonds is 3. The lowest BCUT2D eigenvalue weighted by Gasteiger charge is -2.40. The third kappa shape index (κ3) is 3.55. The van der Waals surface area contributed by atoms with E-state index >= 15 is 0 Å². The molecule has 0 aromatic carbocycles. The molecular weight excluding hydrogens is 407 g/mol. The Morgan fingerprint density at radius 1 is 1.13 bits per heavy atom. The van der Waals surface area contributed by atoms with Crippen molar-refractivity contribution in [3.05, 3.63) is 48.2 Å². The van der Waals surface area contributed by atoms with Gasteiger partial charge in [0.15, 0.2) is 17.2 Å². The van der Waals surface area contributed by atoms with Gasteiger partial charge in [-0.15, -0.1) is 0 Å². The predicted molar refractivity (Wildman–Crippen MR) is 110 cm³/mol. The maximum Gasteiger partial charge on any atom is 0.434 e. The Kier molecular flexibility index (Phi) is 4.71. The fourth-order valence-corrected chi connectivity index (χ4v) is 4.36. The van der Waals surface area contributed by atoms with Crippen LogP contribution in [0.4, 0.5) is 19.0 Å². The zero-order valence-electron chi connectivity index (χ0n) is 16.8. The topological polar surface area (TPSA) is 71.6 Å². The van der Waals surface area contributed by atoms with Crippen LogP contribution in [0.25, 0.3) is 17.2 Å². The summed E-state index contributed by atoms with van der Waals surface area (Å²) in [5, 5.41) is 0. The third-order valence-corrected chi connectivity index (χ3v) is 5.94. The fraction of sp³-hybridized carbons (Fsp3) is 0.381. The normalized spacial score (nSPS) is 21.7. The van der Waals surface area contributed by atoms with Gasteiger partial charge in [0, 0.05) is 37.1 Å². The Morgan fingerprint density at radius 2 is 2.00 bits per heavy atom. The molecule has 160 valence electrons. The van der Waals surface area contributed by atoms with Gasteiger partial charge in [0.1, 0.15) is 11.5 Å². The molecule has 0 bridgehead atoms. The van der Waals surface area contributed by atoms with Crippen LogP contribution in [0.15, 0.2) is 47.5 Å². The van der Waals surface area contributed by atoms with Crippen molar-refractivity contribution in [3.63, 3.8) is 0 Å². The second kappa shape index (κ2) is 7.44. The van der Waals surface area contributed by atoms with Crippen molar-refractivity contribution in [2.45, 2.75) is 32.0 Å². The quantitative estimate of drug-likeness (QED) is 0.636. The first-order valence-corrected chi connectivity index (χ1v) is 10.1. The van der Waals surface area contributed by atoms with Gasteiger partial charge in [0.2, 0.25) is 0 Å². The van der Waals surface area contributed by atoms with Gasteiger partial charge in [-0.25, -0.2) is 19.9 Å². The SMILES string of the molecule is CC1C(C2=CCN=C2)CCCN1c1ccnc(-c2cnc3cnc(C(F)(F)F)cn23)n1. The molecule has 0 amide bonds. The highest BCUT2D eigenvalue weighted by Gasteiger charge is 2.34. The molecule has 1 saturated heterocycles. The Labute approximate surface area is 176 Å². The highest BCUT2D eigenvalue weighted by atomic mass is 19.4. The van der Waals surface area contributed by atoms with Crippen LogP contribution in [0.2, 0.25) is 0 Å². The molecule has 0 aliphatic carbocycles. The van der Waals surface area contributed by atoms with E-state index in [1.54, 1.807) is 6.20 Å². The second-order valence-corrected chi connectivity index (χ2v) is 7.76. The molecule has 0 saturated carbocycles. The van der Waals surface area contributed by atoms with Gasteiger partial charge in [-0.3, -0.25) is 9.39 Å². The smallest absolute Gasteiger partial charge is 0.353 e. The first-order valence-electron chi connectivity index (χ1n) is 10.1. The second-order valence-electron chi connectivity index (χ2n) is 7.76. The lowest BCUT2D eigenvalue weighted by Crippen LogP contribution is -2.44. The third-order valence-electron chi connectivity index (χ3n) is 5.94. The molecule has 0 spiro atoms. The lowest BCUT2D eigenvalue weighted by atomic mass is 9.84. The van der Waals surface area contributed by atoms with Crippen molar-refractivity contribution in [2.24, 2.45) is 10.9 Å². The molecule has 0 N–H and O–H groups in total. The minimum atomic E-state index is -4.55. The molecule has 3 aromatic heterocycles. The highest BCUT2D eigenvalue weighted by molar-refractivity contribution is 5.82. The molecule has 1 fully saturated rings. The monoisotopic (exact) mass is 427 g/mol. The number of hydrogen-bond donors (Lipinski definition) is 0. The number of anilines is 1. The predicted octanol–water partition coefficient (Wildman–Crippen LogP) is 3.82. The molecule has 2 aliphatic heterocycles. The molecule has 5 rings (SSSR count). The standard InChI is InChI=1S/C21H20F3N7/c1-13-15(14-4-6-25-9-14)3-2-8-30(13)18-5-7-26-20(29-18)16-10-28-19-11-27-17(12-31(16)19)21(22,23)24/h4-5,7,9-13,15H,2-3,6,8H2,1H3. The molecule has 2 atom stereocenters. The number of nitrogens with zero attached hydrogens (tertiary/aromatic N) is 7. The van der Waals surface area contributed by atoms with Gasteiger partial charge in [0.05, 0.1) is 18.9 Å². The Bertz CT molecular complexity index is 1180. The van der Waals surface area contributed by atoms with E-state index in [1.807, 2.05) is 12.3 Å². The summed E-state index contributed by atoms with van der Waals surface area (Å²) in [6.07, 6.45) is 6.83. The van der Waals surface area contributed by atoms with E-state index in [2.05, 4.69) is 37.8 Å². The van der Waals surface area contributed by atoms with Crippen molar-refractivity contribution >= 4 is 17.7 Å². The maximum atomic E-state index is 13.1. The zero-order valence-corrected chi connectivity index (χ0v) is 16.8. The van der Waals surface area contributed by atoms with Gasteiger partial charge in [-0.2, -0.15) is 13.2 Å². The number of aliphatic imine (C=N–C) groups is 1. The first-order chi connectivity index (χ1) is 14.9. The summed E-state index contributed by atoms with van der Waals surface area (Å²) in [5.74, 6) is 1.44. The van der Waals surface area contributed by atoms with Crippen molar-refractivity contribution in [1.82, 2.24) is 24.3 Å². The summed E-state index contributed by atoms with van der Waals surface area (Å²) >= 11 is 0. The number of alkyl halides is 3. The zero-order chi connectivity index (χ0) is 21.6. The fourth-order valence-electron chi connectivity index (χ4n) is 4.36. The van der Waals surface area contributed by atoms with Crippen molar-refractivity contribution in [1.29, 1.82) is 0 Å². The molecule has 10 heteroatoms. The molecule has 2 aliphatic rings. The van der Waals surface area contributed by atoms with Crippen molar-refractivity contribution in [3.8, 4) is 11.5 Å². The summed E-state index contributed by atoms with van der Waals surface area (Å²) in [6, 6.07) is 2.06. The summed E-state index contributed by atoms with van der Waals surface area (Å²) in [6.45, 7) is 3.77. The van der Waals surface area contributed by atoms with Crippen LogP contribution >= 0.6 is 0 Å². The Hall–Kier alpha value is -3.30. The van der Waals surface area contributed by atoms with Crippen molar-refractivity contribution < 1.29 is 13.2 Å². The number of hydrogen-bond acceptors (Lipinski definition) is 6. The van der Waals surface area contributed by atoms with Crippen LogP contribution in [-0.2, 0) is 6.18 Å². The van der Waals surface area contributed by atoms with Crippen LogP contribution in [0.1, 0.15) is 25.5 Å². The highest BCUT2D eigenvalue weighted by Crippen LogP contribution is 2.33. The Balaban J connectivity index is 1.50. The summed E-state index contributed by atoms with van der Waals surface area (Å²) in [5.41, 5.74) is 0.960. The van der Waals surface area contributed by atoms with Crippen LogP contribution < -0.4 is 4.90 Å². The van der Waals surface area contributed by atoms with E-state index in [0.717, 1.165) is 44.1 Å². The minimum absolute atomic E-state index is 0.218. The Morgan fingerprint density at radius 3 is 2.77 bits per heavy atom. The number of fused-ring (bicyclic) bond motifs is 1. The number of imidazole rings is 1. The van der Waals surface area contributed by atoms with Crippen LogP contribution in [0, 0.1) is 5.92 Å². The largest absolute Gasteiger partial charge is 0.434 e. The van der Waals surface area contributed by atoms with Gasteiger partial charge >= 0.3 is 6.18 Å². The molecule has 31 heavy (non-hydrogen) atoms. The van der Waals surface area contributed by atoms with E-state index in [4.69, 9.17) is 4.98 Å². The van der Waals surface area contributed by atoms with Crippen LogP contribution in [-0.4, -0.2) is 49.7 Å². The maximum absolute atomic E-state index is 13.1. The summed E-state index contributed by atoms with van der Waals surface area (Å²) in [7, 11) is 0. The molecule has 2 unspecified atom stereocenters. The number of piperidine rings is 1. The van der Waals surface area contributed by atoms with E-state index in [1.165, 1.54) is 16.2 Å². The number of aromatic nitrogens is 5. The van der Waals surface area contributed by atoms with Gasteiger partial charge in [0.25, 0.3) is 0 Å². The average molecular weight is 427 g/mol.